The van der Waals surface area contributed by atoms with Gasteiger partial charge in [-0.3, -0.25) is 9.29 Å². The highest BCUT2D eigenvalue weighted by molar-refractivity contribution is 7.93. The smallest absolute Gasteiger partial charge is 0.408 e. The first-order valence-corrected chi connectivity index (χ1v) is 10.7. The van der Waals surface area contributed by atoms with E-state index >= 15 is 0 Å². The number of fused-ring (bicyclic) bond motifs is 1. The summed E-state index contributed by atoms with van der Waals surface area (Å²) in [6.45, 7) is 1.98. The Labute approximate surface area is 164 Å². The van der Waals surface area contributed by atoms with Gasteiger partial charge in [0.05, 0.1) is 16.5 Å². The minimum absolute atomic E-state index is 0.0242. The van der Waals surface area contributed by atoms with Crippen molar-refractivity contribution in [3.8, 4) is 0 Å². The van der Waals surface area contributed by atoms with Crippen LogP contribution in [-0.2, 0) is 10.0 Å². The Hall–Kier alpha value is -2.98. The van der Waals surface area contributed by atoms with Gasteiger partial charge in [-0.25, -0.2) is 18.2 Å². The van der Waals surface area contributed by atoms with Gasteiger partial charge in [0.25, 0.3) is 10.0 Å². The number of sulfonamides is 1. The van der Waals surface area contributed by atoms with E-state index in [1.807, 2.05) is 37.3 Å². The first kappa shape index (κ1) is 18.4. The summed E-state index contributed by atoms with van der Waals surface area (Å²) in [5, 5.41) is 0.161. The van der Waals surface area contributed by atoms with E-state index in [4.69, 9.17) is 4.42 Å². The lowest BCUT2D eigenvalue weighted by Gasteiger charge is -2.16. The van der Waals surface area contributed by atoms with Gasteiger partial charge in [-0.1, -0.05) is 37.3 Å². The van der Waals surface area contributed by atoms with E-state index in [9.17, 15) is 13.2 Å². The third-order valence-corrected chi connectivity index (χ3v) is 6.41. The molecule has 0 saturated heterocycles. The molecule has 0 spiro atoms. The molecular weight excluding hydrogens is 400 g/mol. The molecule has 28 heavy (non-hydrogen) atoms. The van der Waals surface area contributed by atoms with Gasteiger partial charge in [0.15, 0.2) is 5.58 Å². The Morgan fingerprint density at radius 3 is 2.68 bits per heavy atom. The summed E-state index contributed by atoms with van der Waals surface area (Å²) in [7, 11) is -3.87. The summed E-state index contributed by atoms with van der Waals surface area (Å²) in [6.07, 6.45) is 1.94. The molecule has 4 rings (SSSR count). The fourth-order valence-corrected chi connectivity index (χ4v) is 4.79. The summed E-state index contributed by atoms with van der Waals surface area (Å²) >= 11 is 0.930. The van der Waals surface area contributed by atoms with E-state index in [1.165, 1.54) is 18.5 Å². The van der Waals surface area contributed by atoms with Crippen LogP contribution in [0.1, 0.15) is 24.9 Å². The minimum atomic E-state index is -3.87. The van der Waals surface area contributed by atoms with Crippen molar-refractivity contribution in [3.63, 3.8) is 0 Å². The first-order chi connectivity index (χ1) is 13.5. The van der Waals surface area contributed by atoms with Crippen molar-refractivity contribution in [2.24, 2.45) is 0 Å². The highest BCUT2D eigenvalue weighted by Gasteiger charge is 2.22. The summed E-state index contributed by atoms with van der Waals surface area (Å²) < 4.78 is 38.1. The van der Waals surface area contributed by atoms with Gasteiger partial charge in [0.1, 0.15) is 6.33 Å². The molecule has 8 nitrogen and oxygen atoms in total. The monoisotopic (exact) mass is 416 g/mol. The van der Waals surface area contributed by atoms with Crippen molar-refractivity contribution in [1.29, 1.82) is 0 Å². The number of oxazole rings is 1. The van der Waals surface area contributed by atoms with E-state index < -0.39 is 15.8 Å². The van der Waals surface area contributed by atoms with Gasteiger partial charge in [0, 0.05) is 17.6 Å². The molecule has 4 aromatic rings. The van der Waals surface area contributed by atoms with Crippen LogP contribution in [0.4, 0.5) is 5.13 Å². The molecule has 0 amide bonds. The summed E-state index contributed by atoms with van der Waals surface area (Å²) in [5.74, 6) is -0.530. The first-order valence-electron chi connectivity index (χ1n) is 8.49. The van der Waals surface area contributed by atoms with Crippen LogP contribution in [0, 0.1) is 0 Å². The van der Waals surface area contributed by atoms with Gasteiger partial charge in [0.2, 0.25) is 5.13 Å². The zero-order valence-corrected chi connectivity index (χ0v) is 16.4. The van der Waals surface area contributed by atoms with Crippen LogP contribution in [0.5, 0.6) is 0 Å². The lowest BCUT2D eigenvalue weighted by atomic mass is 10.0. The topological polar surface area (TPSA) is 107 Å². The van der Waals surface area contributed by atoms with Crippen molar-refractivity contribution in [2.75, 3.05) is 4.72 Å². The van der Waals surface area contributed by atoms with Crippen LogP contribution >= 0.6 is 11.5 Å². The van der Waals surface area contributed by atoms with Gasteiger partial charge in [-0.15, -0.1) is 0 Å². The molecule has 10 heteroatoms. The molecule has 1 unspecified atom stereocenters. The standard InChI is InChI=1S/C18H16N4O4S2/c1-2-14(12-6-4-3-5-7-12)22-15-9-8-13(10-16(15)26-18(22)23)28(24,25)21-17-19-11-20-27-17/h3-11,14H,2H2,1H3,(H,19,20,21). The van der Waals surface area contributed by atoms with Crippen LogP contribution in [0.2, 0.25) is 0 Å². The van der Waals surface area contributed by atoms with E-state index in [-0.39, 0.29) is 21.7 Å². The lowest BCUT2D eigenvalue weighted by Crippen LogP contribution is -2.21. The van der Waals surface area contributed by atoms with Crippen LogP contribution in [0.25, 0.3) is 11.1 Å². The zero-order valence-electron chi connectivity index (χ0n) is 14.8. The Balaban J connectivity index is 1.78. The second kappa shape index (κ2) is 7.21. The van der Waals surface area contributed by atoms with Gasteiger partial charge in [-0.2, -0.15) is 4.37 Å². The van der Waals surface area contributed by atoms with Gasteiger partial charge < -0.3 is 4.42 Å². The predicted molar refractivity (Wildman–Crippen MR) is 106 cm³/mol. The van der Waals surface area contributed by atoms with Gasteiger partial charge in [-0.05, 0) is 24.1 Å². The largest absolute Gasteiger partial charge is 0.420 e. The van der Waals surface area contributed by atoms with Crippen LogP contribution in [-0.4, -0.2) is 22.3 Å². The molecule has 144 valence electrons. The molecule has 0 aliphatic heterocycles. The molecule has 0 fully saturated rings. The number of nitrogens with zero attached hydrogens (tertiary/aromatic N) is 3. The molecule has 2 aromatic carbocycles. The Bertz CT molecular complexity index is 1260. The molecule has 2 heterocycles. The van der Waals surface area contributed by atoms with E-state index in [0.717, 1.165) is 17.1 Å². The van der Waals surface area contributed by atoms with Crippen molar-refractivity contribution >= 4 is 37.8 Å². The normalized spacial score (nSPS) is 12.9. The average molecular weight is 416 g/mol. The Kier molecular flexibility index (Phi) is 4.73. The Morgan fingerprint density at radius 2 is 2.00 bits per heavy atom. The van der Waals surface area contributed by atoms with Crippen molar-refractivity contribution < 1.29 is 12.8 Å². The number of hydrogen-bond donors (Lipinski definition) is 1. The zero-order chi connectivity index (χ0) is 19.7. The summed E-state index contributed by atoms with van der Waals surface area (Å²) in [5.41, 5.74) is 1.72. The third kappa shape index (κ3) is 3.32. The van der Waals surface area contributed by atoms with E-state index in [1.54, 1.807) is 10.6 Å². The molecule has 0 saturated carbocycles. The maximum absolute atomic E-state index is 12.5. The number of nitrogens with one attached hydrogen (secondary N) is 1. The maximum Gasteiger partial charge on any atom is 0.420 e. The molecule has 0 aliphatic rings. The number of rotatable bonds is 6. The molecule has 2 aromatic heterocycles. The van der Waals surface area contributed by atoms with E-state index in [0.29, 0.717) is 11.9 Å². The van der Waals surface area contributed by atoms with Crippen molar-refractivity contribution in [3.05, 3.63) is 71.0 Å². The highest BCUT2D eigenvalue weighted by Crippen LogP contribution is 2.27. The third-order valence-electron chi connectivity index (χ3n) is 4.36. The summed E-state index contributed by atoms with van der Waals surface area (Å²) in [6, 6.07) is 13.8. The number of aromatic nitrogens is 3. The average Bonchev–Trinajstić information content (AvgIpc) is 3.30. The van der Waals surface area contributed by atoms with Crippen molar-refractivity contribution in [2.45, 2.75) is 24.3 Å². The number of benzene rings is 2. The molecular formula is C18H16N4O4S2. The molecule has 1 N–H and O–H groups in total. The fourth-order valence-electron chi connectivity index (χ4n) is 3.11. The quantitative estimate of drug-likeness (QED) is 0.517. The lowest BCUT2D eigenvalue weighted by molar-refractivity contribution is 0.469. The summed E-state index contributed by atoms with van der Waals surface area (Å²) in [4.78, 5) is 16.3. The Morgan fingerprint density at radius 1 is 1.21 bits per heavy atom. The predicted octanol–water partition coefficient (Wildman–Crippen LogP) is 3.25. The number of anilines is 1. The van der Waals surface area contributed by atoms with Crippen LogP contribution < -0.4 is 10.5 Å². The molecule has 1 atom stereocenters. The molecule has 0 bridgehead atoms. The fraction of sp³-hybridized carbons (Fsp3) is 0.167. The van der Waals surface area contributed by atoms with E-state index in [2.05, 4.69) is 14.1 Å². The van der Waals surface area contributed by atoms with Crippen molar-refractivity contribution in [1.82, 2.24) is 13.9 Å². The van der Waals surface area contributed by atoms with Crippen LogP contribution in [0.3, 0.4) is 0 Å². The minimum Gasteiger partial charge on any atom is -0.408 e. The SMILES string of the molecule is CCC(c1ccccc1)n1c(=O)oc2cc(S(=O)(=O)Nc3ncns3)ccc21. The highest BCUT2D eigenvalue weighted by atomic mass is 32.2. The van der Waals surface area contributed by atoms with Crippen LogP contribution in [0.15, 0.2) is 69.0 Å². The second-order valence-corrected chi connectivity index (χ2v) is 8.52. The number of hydrogen-bond acceptors (Lipinski definition) is 7. The maximum atomic E-state index is 12.5. The van der Waals surface area contributed by atoms with Gasteiger partial charge >= 0.3 is 5.76 Å². The second-order valence-electron chi connectivity index (χ2n) is 6.05. The molecule has 0 aliphatic carbocycles. The molecule has 0 radical (unpaired) electrons.